The quantitative estimate of drug-likeness (QED) is 0.275. The first-order valence-corrected chi connectivity index (χ1v) is 9.63. The van der Waals surface area contributed by atoms with Crippen molar-refractivity contribution in [1.82, 2.24) is 15.2 Å². The van der Waals surface area contributed by atoms with Gasteiger partial charge in [0.2, 0.25) is 0 Å². The number of piperidine rings is 1. The molecule has 0 atom stereocenters. The molecule has 1 aromatic carbocycles. The number of rotatable bonds is 7. The Balaban J connectivity index is 0.00000280. The second-order valence-corrected chi connectivity index (χ2v) is 6.39. The number of nitrogens with one attached hydrogen (secondary N) is 1. The molecule has 7 heteroatoms. The van der Waals surface area contributed by atoms with Gasteiger partial charge in [-0.3, -0.25) is 4.98 Å². The van der Waals surface area contributed by atoms with Gasteiger partial charge >= 0.3 is 0 Å². The number of likely N-dealkylation sites (tertiary alicyclic amines) is 1. The van der Waals surface area contributed by atoms with Gasteiger partial charge in [-0.1, -0.05) is 18.2 Å². The van der Waals surface area contributed by atoms with Gasteiger partial charge < -0.3 is 19.7 Å². The number of pyridine rings is 1. The van der Waals surface area contributed by atoms with Gasteiger partial charge in [0, 0.05) is 38.7 Å². The molecular formula is C21H29IN4O2. The molecule has 1 saturated heterocycles. The van der Waals surface area contributed by atoms with Gasteiger partial charge in [0.05, 0.1) is 12.7 Å². The molecule has 3 rings (SSSR count). The van der Waals surface area contributed by atoms with E-state index in [2.05, 4.69) is 22.1 Å². The van der Waals surface area contributed by atoms with Crippen LogP contribution in [0.3, 0.4) is 0 Å². The summed E-state index contributed by atoms with van der Waals surface area (Å²) in [4.78, 5) is 11.1. The summed E-state index contributed by atoms with van der Waals surface area (Å²) in [5.74, 6) is 2.67. The SMILES string of the molecule is CCNC(=NCCOc1cccnc1)N1CCC(Oc2ccccc2)CC1.I. The van der Waals surface area contributed by atoms with Crippen LogP contribution in [0.15, 0.2) is 59.9 Å². The molecule has 0 radical (unpaired) electrons. The molecule has 6 nitrogen and oxygen atoms in total. The fourth-order valence-electron chi connectivity index (χ4n) is 3.05. The Morgan fingerprint density at radius 2 is 1.89 bits per heavy atom. The molecule has 0 spiro atoms. The molecule has 0 bridgehead atoms. The molecule has 0 aliphatic carbocycles. The smallest absolute Gasteiger partial charge is 0.194 e. The van der Waals surface area contributed by atoms with E-state index in [1.54, 1.807) is 12.4 Å². The highest BCUT2D eigenvalue weighted by Gasteiger charge is 2.22. The van der Waals surface area contributed by atoms with E-state index in [1.165, 1.54) is 0 Å². The van der Waals surface area contributed by atoms with Crippen molar-refractivity contribution in [2.45, 2.75) is 25.9 Å². The Bertz CT molecular complexity index is 692. The van der Waals surface area contributed by atoms with Crippen LogP contribution in [0, 0.1) is 0 Å². The third-order valence-corrected chi connectivity index (χ3v) is 4.38. The van der Waals surface area contributed by atoms with Gasteiger partial charge in [-0.2, -0.15) is 0 Å². The van der Waals surface area contributed by atoms with E-state index < -0.39 is 0 Å². The Labute approximate surface area is 184 Å². The van der Waals surface area contributed by atoms with Crippen LogP contribution < -0.4 is 14.8 Å². The number of halogens is 1. The zero-order valence-electron chi connectivity index (χ0n) is 16.3. The molecule has 0 amide bonds. The Morgan fingerprint density at radius 1 is 1.14 bits per heavy atom. The number of nitrogens with zero attached hydrogens (tertiary/aromatic N) is 3. The fourth-order valence-corrected chi connectivity index (χ4v) is 3.05. The van der Waals surface area contributed by atoms with Gasteiger partial charge in [-0.15, -0.1) is 24.0 Å². The monoisotopic (exact) mass is 496 g/mol. The van der Waals surface area contributed by atoms with E-state index >= 15 is 0 Å². The van der Waals surface area contributed by atoms with Gasteiger partial charge in [0.1, 0.15) is 24.2 Å². The van der Waals surface area contributed by atoms with Crippen LogP contribution in [-0.2, 0) is 0 Å². The first-order chi connectivity index (χ1) is 13.3. The van der Waals surface area contributed by atoms with Crippen molar-refractivity contribution in [3.63, 3.8) is 0 Å². The second kappa shape index (κ2) is 12.4. The zero-order chi connectivity index (χ0) is 18.7. The number of ether oxygens (including phenoxy) is 2. The maximum absolute atomic E-state index is 6.08. The number of guanidine groups is 1. The maximum atomic E-state index is 6.08. The first kappa shape index (κ1) is 22.3. The minimum absolute atomic E-state index is 0. The van der Waals surface area contributed by atoms with Crippen molar-refractivity contribution in [2.75, 3.05) is 32.8 Å². The Hall–Kier alpha value is -2.03. The molecule has 2 aromatic rings. The maximum Gasteiger partial charge on any atom is 0.194 e. The molecule has 0 unspecified atom stereocenters. The average molecular weight is 496 g/mol. The number of aromatic nitrogens is 1. The fraction of sp³-hybridized carbons (Fsp3) is 0.429. The first-order valence-electron chi connectivity index (χ1n) is 9.63. The molecule has 0 saturated carbocycles. The van der Waals surface area contributed by atoms with Crippen LogP contribution in [0.25, 0.3) is 0 Å². The molecular weight excluding hydrogens is 467 g/mol. The van der Waals surface area contributed by atoms with E-state index in [0.717, 1.165) is 49.9 Å². The average Bonchev–Trinajstić information content (AvgIpc) is 2.72. The Morgan fingerprint density at radius 3 is 2.57 bits per heavy atom. The topological polar surface area (TPSA) is 59.0 Å². The van der Waals surface area contributed by atoms with Crippen molar-refractivity contribution in [1.29, 1.82) is 0 Å². The molecule has 152 valence electrons. The lowest BCUT2D eigenvalue weighted by Gasteiger charge is -2.34. The Kier molecular flexibility index (Phi) is 9.88. The highest BCUT2D eigenvalue weighted by Crippen LogP contribution is 2.18. The van der Waals surface area contributed by atoms with Crippen LogP contribution in [0.1, 0.15) is 19.8 Å². The van der Waals surface area contributed by atoms with Crippen molar-refractivity contribution in [2.24, 2.45) is 4.99 Å². The van der Waals surface area contributed by atoms with Crippen LogP contribution in [-0.4, -0.2) is 54.7 Å². The van der Waals surface area contributed by atoms with Crippen LogP contribution in [0.2, 0.25) is 0 Å². The van der Waals surface area contributed by atoms with Crippen molar-refractivity contribution >= 4 is 29.9 Å². The number of benzene rings is 1. The van der Waals surface area contributed by atoms with Crippen molar-refractivity contribution in [3.8, 4) is 11.5 Å². The van der Waals surface area contributed by atoms with E-state index in [1.807, 2.05) is 42.5 Å². The summed E-state index contributed by atoms with van der Waals surface area (Å²) in [5.41, 5.74) is 0. The zero-order valence-corrected chi connectivity index (χ0v) is 18.6. The summed E-state index contributed by atoms with van der Waals surface area (Å²) in [7, 11) is 0. The van der Waals surface area contributed by atoms with Crippen LogP contribution in [0.5, 0.6) is 11.5 Å². The molecule has 1 aliphatic rings. The largest absolute Gasteiger partial charge is 0.490 e. The highest BCUT2D eigenvalue weighted by atomic mass is 127. The number of hydrogen-bond acceptors (Lipinski definition) is 4. The van der Waals surface area contributed by atoms with Crippen LogP contribution >= 0.6 is 24.0 Å². The van der Waals surface area contributed by atoms with E-state index in [4.69, 9.17) is 14.5 Å². The van der Waals surface area contributed by atoms with Gasteiger partial charge in [-0.25, -0.2) is 4.99 Å². The third kappa shape index (κ3) is 7.18. The van der Waals surface area contributed by atoms with E-state index in [-0.39, 0.29) is 30.1 Å². The highest BCUT2D eigenvalue weighted by molar-refractivity contribution is 14.0. The normalized spacial score (nSPS) is 14.9. The standard InChI is InChI=1S/C21H28N4O2.HI/c1-2-23-21(24-13-16-26-20-9-6-12-22-17-20)25-14-10-19(11-15-25)27-18-7-4-3-5-8-18;/h3-9,12,17,19H,2,10-11,13-16H2,1H3,(H,23,24);1H. The van der Waals surface area contributed by atoms with E-state index in [9.17, 15) is 0 Å². The molecule has 2 heterocycles. The lowest BCUT2D eigenvalue weighted by Crippen LogP contribution is -2.47. The lowest BCUT2D eigenvalue weighted by molar-refractivity contribution is 0.129. The summed E-state index contributed by atoms with van der Waals surface area (Å²) in [5, 5.41) is 3.38. The predicted molar refractivity (Wildman–Crippen MR) is 123 cm³/mol. The number of para-hydroxylation sites is 1. The minimum Gasteiger partial charge on any atom is -0.490 e. The van der Waals surface area contributed by atoms with Crippen molar-refractivity contribution < 1.29 is 9.47 Å². The van der Waals surface area contributed by atoms with Crippen molar-refractivity contribution in [3.05, 3.63) is 54.9 Å². The summed E-state index contributed by atoms with van der Waals surface area (Å²) >= 11 is 0. The minimum atomic E-state index is 0. The second-order valence-electron chi connectivity index (χ2n) is 6.39. The number of hydrogen-bond donors (Lipinski definition) is 1. The van der Waals surface area contributed by atoms with E-state index in [0.29, 0.717) is 13.2 Å². The summed E-state index contributed by atoms with van der Waals surface area (Å²) in [6.45, 7) is 5.96. The summed E-state index contributed by atoms with van der Waals surface area (Å²) in [6, 6.07) is 13.8. The molecule has 1 aromatic heterocycles. The van der Waals surface area contributed by atoms with Gasteiger partial charge in [0.15, 0.2) is 5.96 Å². The molecule has 1 N–H and O–H groups in total. The third-order valence-electron chi connectivity index (χ3n) is 4.38. The summed E-state index contributed by atoms with van der Waals surface area (Å²) < 4.78 is 11.7. The lowest BCUT2D eigenvalue weighted by atomic mass is 10.1. The summed E-state index contributed by atoms with van der Waals surface area (Å²) in [6.07, 6.45) is 5.70. The predicted octanol–water partition coefficient (Wildman–Crippen LogP) is 3.59. The van der Waals surface area contributed by atoms with Gasteiger partial charge in [-0.05, 0) is 31.2 Å². The molecule has 1 aliphatic heterocycles. The van der Waals surface area contributed by atoms with Crippen LogP contribution in [0.4, 0.5) is 0 Å². The molecule has 1 fully saturated rings. The number of aliphatic imine (C=N–C) groups is 1. The van der Waals surface area contributed by atoms with Gasteiger partial charge in [0.25, 0.3) is 0 Å². The molecule has 28 heavy (non-hydrogen) atoms.